The fourth-order valence-corrected chi connectivity index (χ4v) is 2.99. The lowest BCUT2D eigenvalue weighted by atomic mass is 9.96. The predicted molar refractivity (Wildman–Crippen MR) is 58.7 cm³/mol. The first-order valence-electron chi connectivity index (χ1n) is 5.28. The number of hydrogen-bond acceptors (Lipinski definition) is 2. The number of rotatable bonds is 1. The summed E-state index contributed by atoms with van der Waals surface area (Å²) in [6, 6.07) is 0. The molecule has 1 aromatic rings. The van der Waals surface area contributed by atoms with E-state index in [4.69, 9.17) is 4.74 Å². The summed E-state index contributed by atoms with van der Waals surface area (Å²) in [5.74, 6) is 0.0757. The lowest BCUT2D eigenvalue weighted by Gasteiger charge is -2.22. The highest BCUT2D eigenvalue weighted by Crippen LogP contribution is 2.40. The van der Waals surface area contributed by atoms with E-state index in [1.165, 1.54) is 4.68 Å². The second kappa shape index (κ2) is 4.61. The van der Waals surface area contributed by atoms with Crippen LogP contribution < -0.4 is 0 Å². The molecule has 0 bridgehead atoms. The highest BCUT2D eigenvalue weighted by atomic mass is 79.9. The highest BCUT2D eigenvalue weighted by Gasteiger charge is 2.39. The van der Waals surface area contributed by atoms with Crippen LogP contribution in [0.25, 0.3) is 0 Å². The van der Waals surface area contributed by atoms with Crippen molar-refractivity contribution in [3.63, 3.8) is 0 Å². The van der Waals surface area contributed by atoms with Crippen molar-refractivity contribution in [2.75, 3.05) is 13.2 Å². The third-order valence-electron chi connectivity index (χ3n) is 2.91. The van der Waals surface area contributed by atoms with Crippen LogP contribution in [0.5, 0.6) is 0 Å². The summed E-state index contributed by atoms with van der Waals surface area (Å²) in [4.78, 5) is 0. The standard InChI is InChI=1S/C10H12BrF3N2O/c1-16-8(6-2-4-17-5-3-6)7(11)9(15-16)10(12,13)14/h6H,2-5H2,1H3. The van der Waals surface area contributed by atoms with Gasteiger partial charge in [0.05, 0.1) is 10.2 Å². The van der Waals surface area contributed by atoms with Crippen molar-refractivity contribution < 1.29 is 17.9 Å². The minimum atomic E-state index is -4.42. The molecule has 2 heterocycles. The van der Waals surface area contributed by atoms with E-state index < -0.39 is 11.9 Å². The number of nitrogens with zero attached hydrogens (tertiary/aromatic N) is 2. The van der Waals surface area contributed by atoms with Crippen LogP contribution in [-0.2, 0) is 18.0 Å². The summed E-state index contributed by atoms with van der Waals surface area (Å²) >= 11 is 3.03. The molecule has 0 aromatic carbocycles. The van der Waals surface area contributed by atoms with Gasteiger partial charge in [0, 0.05) is 26.2 Å². The summed E-state index contributed by atoms with van der Waals surface area (Å²) in [6.07, 6.45) is -2.95. The molecule has 0 radical (unpaired) electrons. The molecule has 0 N–H and O–H groups in total. The van der Waals surface area contributed by atoms with Crippen LogP contribution in [0.3, 0.4) is 0 Å². The van der Waals surface area contributed by atoms with E-state index in [0.29, 0.717) is 18.9 Å². The van der Waals surface area contributed by atoms with Crippen LogP contribution in [-0.4, -0.2) is 23.0 Å². The van der Waals surface area contributed by atoms with Crippen molar-refractivity contribution in [3.05, 3.63) is 15.9 Å². The van der Waals surface area contributed by atoms with Crippen molar-refractivity contribution in [1.82, 2.24) is 9.78 Å². The predicted octanol–water partition coefficient (Wildman–Crippen LogP) is 3.10. The maximum Gasteiger partial charge on any atom is 0.436 e. The van der Waals surface area contributed by atoms with Crippen LogP contribution in [0.2, 0.25) is 0 Å². The van der Waals surface area contributed by atoms with Crippen molar-refractivity contribution >= 4 is 15.9 Å². The first kappa shape index (κ1) is 12.9. The second-order valence-corrected chi connectivity index (χ2v) is 4.85. The number of ether oxygens (including phenoxy) is 1. The van der Waals surface area contributed by atoms with E-state index in [0.717, 1.165) is 12.8 Å². The van der Waals surface area contributed by atoms with Gasteiger partial charge in [-0.2, -0.15) is 18.3 Å². The quantitative estimate of drug-likeness (QED) is 0.797. The van der Waals surface area contributed by atoms with Crippen molar-refractivity contribution in [2.24, 2.45) is 7.05 Å². The molecule has 17 heavy (non-hydrogen) atoms. The summed E-state index contributed by atoms with van der Waals surface area (Å²) in [5, 5.41) is 3.56. The lowest BCUT2D eigenvalue weighted by molar-refractivity contribution is -0.142. The number of aromatic nitrogens is 2. The fraction of sp³-hybridized carbons (Fsp3) is 0.700. The van der Waals surface area contributed by atoms with Gasteiger partial charge in [0.25, 0.3) is 0 Å². The van der Waals surface area contributed by atoms with Gasteiger partial charge in [-0.05, 0) is 28.8 Å². The summed E-state index contributed by atoms with van der Waals surface area (Å²) in [6.45, 7) is 1.17. The molecule has 0 aliphatic carbocycles. The average Bonchev–Trinajstić information content (AvgIpc) is 2.55. The molecule has 1 aliphatic heterocycles. The first-order valence-corrected chi connectivity index (χ1v) is 6.08. The lowest BCUT2D eigenvalue weighted by Crippen LogP contribution is -2.17. The normalized spacial score (nSPS) is 18.6. The van der Waals surface area contributed by atoms with E-state index in [1.807, 2.05) is 0 Å². The Kier molecular flexibility index (Phi) is 3.49. The van der Waals surface area contributed by atoms with Gasteiger partial charge in [0.15, 0.2) is 5.69 Å². The van der Waals surface area contributed by atoms with Gasteiger partial charge in [0.2, 0.25) is 0 Å². The van der Waals surface area contributed by atoms with Gasteiger partial charge in [-0.3, -0.25) is 4.68 Å². The molecule has 1 fully saturated rings. The Hall–Kier alpha value is -0.560. The molecule has 2 rings (SSSR count). The molecule has 0 saturated carbocycles. The smallest absolute Gasteiger partial charge is 0.381 e. The zero-order valence-corrected chi connectivity index (χ0v) is 10.8. The Morgan fingerprint density at radius 3 is 2.41 bits per heavy atom. The summed E-state index contributed by atoms with van der Waals surface area (Å²) in [5.41, 5.74) is -0.234. The molecule has 1 aliphatic rings. The number of alkyl halides is 3. The molecule has 0 amide bonds. The van der Waals surface area contributed by atoms with Crippen LogP contribution in [0.4, 0.5) is 13.2 Å². The van der Waals surface area contributed by atoms with Gasteiger partial charge in [0.1, 0.15) is 0 Å². The molecule has 0 atom stereocenters. The van der Waals surface area contributed by atoms with Gasteiger partial charge >= 0.3 is 6.18 Å². The Morgan fingerprint density at radius 1 is 1.35 bits per heavy atom. The molecule has 1 saturated heterocycles. The van der Waals surface area contributed by atoms with Gasteiger partial charge < -0.3 is 4.74 Å². The zero-order chi connectivity index (χ0) is 12.6. The molecule has 96 valence electrons. The van der Waals surface area contributed by atoms with Crippen LogP contribution in [0, 0.1) is 0 Å². The molecule has 1 aromatic heterocycles. The van der Waals surface area contributed by atoms with E-state index in [9.17, 15) is 13.2 Å². The van der Waals surface area contributed by atoms with Crippen LogP contribution in [0.15, 0.2) is 4.47 Å². The Labute approximate surface area is 105 Å². The number of halogens is 4. The van der Waals surface area contributed by atoms with Gasteiger partial charge in [-0.1, -0.05) is 0 Å². The van der Waals surface area contributed by atoms with Crippen LogP contribution >= 0.6 is 15.9 Å². The van der Waals surface area contributed by atoms with Gasteiger partial charge in [-0.15, -0.1) is 0 Å². The summed E-state index contributed by atoms with van der Waals surface area (Å²) in [7, 11) is 1.55. The largest absolute Gasteiger partial charge is 0.436 e. The Balaban J connectivity index is 2.37. The summed E-state index contributed by atoms with van der Waals surface area (Å²) < 4.78 is 44.6. The minimum Gasteiger partial charge on any atom is -0.381 e. The van der Waals surface area contributed by atoms with Gasteiger partial charge in [-0.25, -0.2) is 0 Å². The third-order valence-corrected chi connectivity index (χ3v) is 3.69. The van der Waals surface area contributed by atoms with Crippen LogP contribution in [0.1, 0.15) is 30.1 Å². The van der Waals surface area contributed by atoms with E-state index in [1.54, 1.807) is 7.05 Å². The monoisotopic (exact) mass is 312 g/mol. The maximum absolute atomic E-state index is 12.7. The Bertz CT molecular complexity index is 410. The van der Waals surface area contributed by atoms with Crippen molar-refractivity contribution in [1.29, 1.82) is 0 Å². The number of aryl methyl sites for hydroxylation is 1. The third kappa shape index (κ3) is 2.49. The minimum absolute atomic E-state index is 0.0689. The fourth-order valence-electron chi connectivity index (χ4n) is 2.11. The first-order chi connectivity index (χ1) is 7.91. The zero-order valence-electron chi connectivity index (χ0n) is 9.22. The second-order valence-electron chi connectivity index (χ2n) is 4.06. The molecular formula is C10H12BrF3N2O. The SMILES string of the molecule is Cn1nc(C(F)(F)F)c(Br)c1C1CCOCC1. The van der Waals surface area contributed by atoms with E-state index >= 15 is 0 Å². The number of hydrogen-bond donors (Lipinski definition) is 0. The van der Waals surface area contributed by atoms with Crippen molar-refractivity contribution in [3.8, 4) is 0 Å². The average molecular weight is 313 g/mol. The maximum atomic E-state index is 12.7. The molecular weight excluding hydrogens is 301 g/mol. The molecule has 3 nitrogen and oxygen atoms in total. The highest BCUT2D eigenvalue weighted by molar-refractivity contribution is 9.10. The molecule has 0 spiro atoms. The van der Waals surface area contributed by atoms with Crippen molar-refractivity contribution in [2.45, 2.75) is 24.9 Å². The Morgan fingerprint density at radius 2 is 1.94 bits per heavy atom. The topological polar surface area (TPSA) is 27.1 Å². The molecule has 7 heteroatoms. The van der Waals surface area contributed by atoms with E-state index in [2.05, 4.69) is 21.0 Å². The van der Waals surface area contributed by atoms with E-state index in [-0.39, 0.29) is 10.4 Å². The molecule has 0 unspecified atom stereocenters.